The van der Waals surface area contributed by atoms with Crippen molar-refractivity contribution >= 4 is 11.9 Å². The summed E-state index contributed by atoms with van der Waals surface area (Å²) in [6.45, 7) is 9.24. The van der Waals surface area contributed by atoms with Crippen molar-refractivity contribution in [3.05, 3.63) is 0 Å². The summed E-state index contributed by atoms with van der Waals surface area (Å²) in [5.41, 5.74) is -0.262. The zero-order valence-electron chi connectivity index (χ0n) is 16.3. The molecule has 0 radical (unpaired) electrons. The zero-order chi connectivity index (χ0) is 18.0. The van der Waals surface area contributed by atoms with Gasteiger partial charge >= 0.3 is 0 Å². The normalized spacial score (nSPS) is 17.2. The van der Waals surface area contributed by atoms with Gasteiger partial charge in [-0.2, -0.15) is 0 Å². The Kier molecular flexibility index (Phi) is 9.11. The van der Waals surface area contributed by atoms with Gasteiger partial charge in [-0.1, -0.05) is 26.7 Å². The second kappa shape index (κ2) is 10.5. The van der Waals surface area contributed by atoms with E-state index in [1.807, 2.05) is 14.1 Å². The van der Waals surface area contributed by atoms with E-state index >= 15 is 0 Å². The average Bonchev–Trinajstić information content (AvgIpc) is 3.06. The number of rotatable bonds is 9. The van der Waals surface area contributed by atoms with E-state index in [0.717, 1.165) is 64.2 Å². The number of amides is 1. The van der Waals surface area contributed by atoms with Crippen LogP contribution in [0.3, 0.4) is 0 Å². The van der Waals surface area contributed by atoms with Gasteiger partial charge in [0.05, 0.1) is 5.41 Å². The lowest BCUT2D eigenvalue weighted by molar-refractivity contribution is -0.138. The number of carbonyl (C=O) groups is 1. The molecule has 1 saturated carbocycles. The standard InChI is InChI=1S/C18H37N5O/c1-6-23(7-2)14-10-13-20-17(19-3)21-15-18(11-8-9-12-18)16(24)22(4)5/h6-15H2,1-5H3,(H2,19,20,21). The minimum absolute atomic E-state index is 0.240. The first-order valence-corrected chi connectivity index (χ1v) is 9.37. The molecule has 1 rings (SSSR count). The van der Waals surface area contributed by atoms with Gasteiger partial charge in [-0.05, 0) is 38.9 Å². The molecule has 0 saturated heterocycles. The number of nitrogens with zero attached hydrogens (tertiary/aromatic N) is 3. The molecule has 0 aromatic carbocycles. The van der Waals surface area contributed by atoms with Crippen molar-refractivity contribution in [1.29, 1.82) is 0 Å². The van der Waals surface area contributed by atoms with Crippen molar-refractivity contribution in [2.45, 2.75) is 46.0 Å². The quantitative estimate of drug-likeness (QED) is 0.380. The van der Waals surface area contributed by atoms with Crippen molar-refractivity contribution in [1.82, 2.24) is 20.4 Å². The molecular formula is C18H37N5O. The van der Waals surface area contributed by atoms with Gasteiger partial charge in [0.2, 0.25) is 5.91 Å². The smallest absolute Gasteiger partial charge is 0.230 e. The van der Waals surface area contributed by atoms with Gasteiger partial charge in [0.25, 0.3) is 0 Å². The Morgan fingerprint density at radius 1 is 1.12 bits per heavy atom. The highest BCUT2D eigenvalue weighted by atomic mass is 16.2. The Labute approximate surface area is 148 Å². The molecule has 0 aliphatic heterocycles. The third-order valence-corrected chi connectivity index (χ3v) is 5.08. The highest BCUT2D eigenvalue weighted by molar-refractivity contribution is 5.85. The molecule has 0 unspecified atom stereocenters. The van der Waals surface area contributed by atoms with Crippen LogP contribution in [-0.4, -0.2) is 75.5 Å². The van der Waals surface area contributed by atoms with Crippen LogP contribution in [0.5, 0.6) is 0 Å². The first kappa shape index (κ1) is 20.7. The molecule has 1 fully saturated rings. The molecule has 0 aromatic heterocycles. The number of aliphatic imine (C=N–C) groups is 1. The molecule has 0 atom stereocenters. The van der Waals surface area contributed by atoms with E-state index in [-0.39, 0.29) is 11.3 Å². The maximum absolute atomic E-state index is 12.6. The molecule has 2 N–H and O–H groups in total. The topological polar surface area (TPSA) is 60.0 Å². The second-order valence-corrected chi connectivity index (χ2v) is 6.92. The molecule has 0 bridgehead atoms. The molecule has 24 heavy (non-hydrogen) atoms. The van der Waals surface area contributed by atoms with Gasteiger partial charge in [0.15, 0.2) is 5.96 Å². The first-order valence-electron chi connectivity index (χ1n) is 9.37. The average molecular weight is 340 g/mol. The van der Waals surface area contributed by atoms with Gasteiger partial charge in [-0.3, -0.25) is 9.79 Å². The lowest BCUT2D eigenvalue weighted by Crippen LogP contribution is -2.49. The summed E-state index contributed by atoms with van der Waals surface area (Å²) < 4.78 is 0. The lowest BCUT2D eigenvalue weighted by atomic mass is 9.84. The summed E-state index contributed by atoms with van der Waals surface area (Å²) in [6.07, 6.45) is 5.30. The zero-order valence-corrected chi connectivity index (χ0v) is 16.3. The van der Waals surface area contributed by atoms with E-state index in [1.165, 1.54) is 0 Å². The first-order chi connectivity index (χ1) is 11.5. The SMILES string of the molecule is CCN(CC)CCCNC(=NC)NCC1(C(=O)N(C)C)CCCC1. The Bertz CT molecular complexity index is 398. The van der Waals surface area contributed by atoms with Crippen molar-refractivity contribution in [3.63, 3.8) is 0 Å². The van der Waals surface area contributed by atoms with E-state index in [9.17, 15) is 4.79 Å². The summed E-state index contributed by atoms with van der Waals surface area (Å²) in [4.78, 5) is 21.0. The number of carbonyl (C=O) groups excluding carboxylic acids is 1. The fraction of sp³-hybridized carbons (Fsp3) is 0.889. The number of nitrogens with one attached hydrogen (secondary N) is 2. The molecule has 1 aliphatic rings. The molecule has 6 heteroatoms. The molecule has 0 spiro atoms. The van der Waals surface area contributed by atoms with Crippen LogP contribution in [0.15, 0.2) is 4.99 Å². The van der Waals surface area contributed by atoms with Crippen LogP contribution in [0, 0.1) is 5.41 Å². The minimum Gasteiger partial charge on any atom is -0.356 e. The van der Waals surface area contributed by atoms with E-state index in [1.54, 1.807) is 11.9 Å². The molecule has 1 amide bonds. The van der Waals surface area contributed by atoms with Crippen LogP contribution in [0.1, 0.15) is 46.0 Å². The predicted octanol–water partition coefficient (Wildman–Crippen LogP) is 1.53. The maximum atomic E-state index is 12.6. The van der Waals surface area contributed by atoms with Gasteiger partial charge in [0, 0.05) is 34.2 Å². The van der Waals surface area contributed by atoms with Crippen LogP contribution >= 0.6 is 0 Å². The van der Waals surface area contributed by atoms with Gasteiger partial charge in [0.1, 0.15) is 0 Å². The summed E-state index contributed by atoms with van der Waals surface area (Å²) in [5, 5.41) is 6.75. The van der Waals surface area contributed by atoms with E-state index in [4.69, 9.17) is 0 Å². The van der Waals surface area contributed by atoms with Crippen molar-refractivity contribution < 1.29 is 4.79 Å². The van der Waals surface area contributed by atoms with Gasteiger partial charge in [-0.15, -0.1) is 0 Å². The Hall–Kier alpha value is -1.30. The Morgan fingerprint density at radius 2 is 1.75 bits per heavy atom. The fourth-order valence-corrected chi connectivity index (χ4v) is 3.52. The monoisotopic (exact) mass is 339 g/mol. The lowest BCUT2D eigenvalue weighted by Gasteiger charge is -2.31. The van der Waals surface area contributed by atoms with Crippen LogP contribution in [-0.2, 0) is 4.79 Å². The van der Waals surface area contributed by atoms with Gasteiger partial charge in [-0.25, -0.2) is 0 Å². The molecule has 6 nitrogen and oxygen atoms in total. The van der Waals surface area contributed by atoms with E-state index in [2.05, 4.69) is 34.4 Å². The third-order valence-electron chi connectivity index (χ3n) is 5.08. The minimum atomic E-state index is -0.262. The van der Waals surface area contributed by atoms with Crippen molar-refractivity contribution in [2.75, 3.05) is 53.9 Å². The fourth-order valence-electron chi connectivity index (χ4n) is 3.52. The third kappa shape index (κ3) is 5.96. The molecule has 140 valence electrons. The van der Waals surface area contributed by atoms with Crippen LogP contribution < -0.4 is 10.6 Å². The number of guanidine groups is 1. The molecular weight excluding hydrogens is 302 g/mol. The van der Waals surface area contributed by atoms with Crippen LogP contribution in [0.4, 0.5) is 0 Å². The highest BCUT2D eigenvalue weighted by Gasteiger charge is 2.42. The summed E-state index contributed by atoms with van der Waals surface area (Å²) >= 11 is 0. The number of hydrogen-bond acceptors (Lipinski definition) is 3. The summed E-state index contributed by atoms with van der Waals surface area (Å²) in [7, 11) is 5.49. The molecule has 1 aliphatic carbocycles. The Morgan fingerprint density at radius 3 is 2.25 bits per heavy atom. The predicted molar refractivity (Wildman–Crippen MR) is 101 cm³/mol. The molecule has 0 heterocycles. The summed E-state index contributed by atoms with van der Waals surface area (Å²) in [5.74, 6) is 1.04. The second-order valence-electron chi connectivity index (χ2n) is 6.92. The van der Waals surface area contributed by atoms with E-state index in [0.29, 0.717) is 6.54 Å². The number of hydrogen-bond donors (Lipinski definition) is 2. The highest BCUT2D eigenvalue weighted by Crippen LogP contribution is 2.38. The molecule has 0 aromatic rings. The Balaban J connectivity index is 2.43. The van der Waals surface area contributed by atoms with Crippen LogP contribution in [0.25, 0.3) is 0 Å². The largest absolute Gasteiger partial charge is 0.356 e. The van der Waals surface area contributed by atoms with Crippen molar-refractivity contribution in [2.24, 2.45) is 10.4 Å². The van der Waals surface area contributed by atoms with Gasteiger partial charge < -0.3 is 20.4 Å². The van der Waals surface area contributed by atoms with Crippen molar-refractivity contribution in [3.8, 4) is 0 Å². The van der Waals surface area contributed by atoms with E-state index < -0.39 is 0 Å². The maximum Gasteiger partial charge on any atom is 0.230 e. The summed E-state index contributed by atoms with van der Waals surface area (Å²) in [6, 6.07) is 0. The van der Waals surface area contributed by atoms with Crippen LogP contribution in [0.2, 0.25) is 0 Å².